The minimum atomic E-state index is -1.82. The van der Waals surface area contributed by atoms with E-state index in [0.717, 1.165) is 35.3 Å². The van der Waals surface area contributed by atoms with Gasteiger partial charge >= 0.3 is 5.97 Å². The molecule has 0 unspecified atom stereocenters. The molecule has 2 aromatic rings. The van der Waals surface area contributed by atoms with Gasteiger partial charge in [0.15, 0.2) is 8.32 Å². The molecule has 0 radical (unpaired) electrons. The molecule has 0 aliphatic heterocycles. The normalized spacial score (nSPS) is 16.5. The molecular weight excluding hydrogens is 524 g/mol. The van der Waals surface area contributed by atoms with Gasteiger partial charge < -0.3 is 24.1 Å². The first kappa shape index (κ1) is 33.5. The Hall–Kier alpha value is -2.68. The number of carbonyl (C=O) groups is 2. The number of ether oxygens (including phenoxy) is 2. The average Bonchev–Trinajstić information content (AvgIpc) is 3.80. The van der Waals surface area contributed by atoms with E-state index in [-0.39, 0.29) is 30.3 Å². The van der Waals surface area contributed by atoms with Crippen LogP contribution < -0.4 is 9.47 Å². The highest BCUT2D eigenvalue weighted by molar-refractivity contribution is 6.74. The highest BCUT2D eigenvalue weighted by Gasteiger charge is 2.52. The molecule has 0 bridgehead atoms. The van der Waals surface area contributed by atoms with Gasteiger partial charge in [0.1, 0.15) is 17.3 Å². The lowest BCUT2D eigenvalue weighted by atomic mass is 9.91. The van der Waals surface area contributed by atoms with Crippen molar-refractivity contribution < 1.29 is 33.7 Å². The number of aliphatic hydroxyl groups excluding tert-OH is 1. The number of carbonyl (C=O) groups excluding carboxylic acids is 1. The van der Waals surface area contributed by atoms with E-state index in [1.54, 1.807) is 32.2 Å². The number of rotatable bonds is 10. The van der Waals surface area contributed by atoms with Gasteiger partial charge in [-0.2, -0.15) is 0 Å². The Kier molecular flexibility index (Phi) is 10.4. The third-order valence-electron chi connectivity index (χ3n) is 8.81. The average molecular weight is 573 g/mol. The number of ketones is 1. The Bertz CT molecular complexity index is 1200. The Labute approximate surface area is 241 Å². The highest BCUT2D eigenvalue weighted by atomic mass is 28.4. The van der Waals surface area contributed by atoms with E-state index in [0.29, 0.717) is 30.8 Å². The molecule has 8 heteroatoms. The fraction of sp³-hybridized carbons (Fsp3) is 0.562. The number of benzene rings is 2. The molecule has 40 heavy (non-hydrogen) atoms. The Morgan fingerprint density at radius 1 is 0.875 bits per heavy atom. The lowest BCUT2D eigenvalue weighted by Crippen LogP contribution is -2.40. The molecule has 2 aliphatic rings. The van der Waals surface area contributed by atoms with Crippen LogP contribution in [0.25, 0.3) is 0 Å². The smallest absolute Gasteiger partial charge is 0.314 e. The molecule has 2 fully saturated rings. The van der Waals surface area contributed by atoms with Gasteiger partial charge in [-0.05, 0) is 86.1 Å². The van der Waals surface area contributed by atoms with Gasteiger partial charge in [0.05, 0.1) is 38.3 Å². The van der Waals surface area contributed by atoms with Crippen LogP contribution in [0.1, 0.15) is 83.1 Å². The third-order valence-corrected chi connectivity index (χ3v) is 13.3. The summed E-state index contributed by atoms with van der Waals surface area (Å²) in [6.45, 7) is 13.3. The van der Waals surface area contributed by atoms with Gasteiger partial charge in [-0.1, -0.05) is 40.3 Å². The number of hydrogen-bond acceptors (Lipinski definition) is 6. The summed E-state index contributed by atoms with van der Waals surface area (Å²) in [6, 6.07) is 11.3. The van der Waals surface area contributed by atoms with Crippen molar-refractivity contribution in [1.29, 1.82) is 0 Å². The van der Waals surface area contributed by atoms with E-state index in [1.807, 2.05) is 12.1 Å². The van der Waals surface area contributed by atoms with Crippen molar-refractivity contribution in [2.75, 3.05) is 14.2 Å². The van der Waals surface area contributed by atoms with Crippen molar-refractivity contribution in [3.05, 3.63) is 58.7 Å². The van der Waals surface area contributed by atoms with Crippen LogP contribution in [0.4, 0.5) is 0 Å². The Balaban J connectivity index is 0.000000290. The van der Waals surface area contributed by atoms with Crippen LogP contribution in [-0.2, 0) is 38.1 Å². The fourth-order valence-electron chi connectivity index (χ4n) is 4.58. The largest absolute Gasteiger partial charge is 0.496 e. The maximum Gasteiger partial charge on any atom is 0.314 e. The quantitative estimate of drug-likeness (QED) is 0.303. The minimum absolute atomic E-state index is 0. The first-order valence-electron chi connectivity index (χ1n) is 13.5. The fourth-order valence-corrected chi connectivity index (χ4v) is 5.53. The summed E-state index contributed by atoms with van der Waals surface area (Å²) < 4.78 is 16.9. The van der Waals surface area contributed by atoms with Gasteiger partial charge in [-0.25, -0.2) is 0 Å². The summed E-state index contributed by atoms with van der Waals surface area (Å²) in [5, 5.41) is 18.5. The van der Waals surface area contributed by atoms with Gasteiger partial charge in [0, 0.05) is 11.1 Å². The van der Waals surface area contributed by atoms with Crippen molar-refractivity contribution in [3.63, 3.8) is 0 Å². The Morgan fingerprint density at radius 3 is 1.70 bits per heavy atom. The molecule has 2 aromatic carbocycles. The molecule has 222 valence electrons. The van der Waals surface area contributed by atoms with Crippen LogP contribution in [0.15, 0.2) is 36.4 Å². The first-order chi connectivity index (χ1) is 18.2. The highest BCUT2D eigenvalue weighted by Crippen LogP contribution is 2.50. The molecular formula is C32H48O7Si. The van der Waals surface area contributed by atoms with Crippen LogP contribution in [0.3, 0.4) is 0 Å². The van der Waals surface area contributed by atoms with Gasteiger partial charge in [-0.3, -0.25) is 9.59 Å². The molecule has 2 N–H and O–H groups in total. The Morgan fingerprint density at radius 2 is 1.32 bits per heavy atom. The molecule has 0 amide bonds. The SMILES string of the molecule is C.COc1ccc(C2(C(=O)O)CC2)cc1CO.COc1ccc(C2(C(C)=O)CC2)cc1CO[Si](C)(C)C(C)(C)C. The van der Waals surface area contributed by atoms with Gasteiger partial charge in [0.25, 0.3) is 0 Å². The monoisotopic (exact) mass is 572 g/mol. The number of aliphatic carboxylic acids is 1. The molecule has 0 atom stereocenters. The summed E-state index contributed by atoms with van der Waals surface area (Å²) >= 11 is 0. The number of hydrogen-bond donors (Lipinski definition) is 2. The van der Waals surface area contributed by atoms with Crippen LogP contribution in [0.2, 0.25) is 18.1 Å². The molecule has 0 saturated heterocycles. The summed E-state index contributed by atoms with van der Waals surface area (Å²) in [7, 11) is 1.39. The maximum atomic E-state index is 12.0. The maximum absolute atomic E-state index is 12.0. The van der Waals surface area contributed by atoms with Crippen molar-refractivity contribution in [2.24, 2.45) is 0 Å². The van der Waals surface area contributed by atoms with Crippen molar-refractivity contribution in [2.45, 2.75) is 103 Å². The topological polar surface area (TPSA) is 102 Å². The molecule has 0 heterocycles. The number of Topliss-reactive ketones (excluding diaryl/α,β-unsaturated/α-hetero) is 1. The van der Waals surface area contributed by atoms with Crippen molar-refractivity contribution in [1.82, 2.24) is 0 Å². The minimum Gasteiger partial charge on any atom is -0.496 e. The van der Waals surface area contributed by atoms with Gasteiger partial charge in [0.2, 0.25) is 0 Å². The second-order valence-electron chi connectivity index (χ2n) is 12.3. The van der Waals surface area contributed by atoms with Crippen LogP contribution in [0, 0.1) is 0 Å². The summed E-state index contributed by atoms with van der Waals surface area (Å²) in [6.07, 6.45) is 3.24. The molecule has 4 rings (SSSR count). The van der Waals surface area contributed by atoms with Crippen LogP contribution >= 0.6 is 0 Å². The number of aliphatic hydroxyl groups is 1. The molecule has 7 nitrogen and oxygen atoms in total. The second kappa shape index (κ2) is 12.5. The number of methoxy groups -OCH3 is 2. The summed E-state index contributed by atoms with van der Waals surface area (Å²) in [5.74, 6) is 0.903. The first-order valence-corrected chi connectivity index (χ1v) is 16.4. The summed E-state index contributed by atoms with van der Waals surface area (Å²) in [4.78, 5) is 23.1. The van der Waals surface area contributed by atoms with E-state index in [4.69, 9.17) is 19.0 Å². The lowest BCUT2D eigenvalue weighted by Gasteiger charge is -2.36. The molecule has 2 saturated carbocycles. The van der Waals surface area contributed by atoms with Crippen molar-refractivity contribution >= 4 is 20.1 Å². The van der Waals surface area contributed by atoms with Gasteiger partial charge in [-0.15, -0.1) is 0 Å². The summed E-state index contributed by atoms with van der Waals surface area (Å²) in [5.41, 5.74) is 2.56. The molecule has 0 aromatic heterocycles. The van der Waals surface area contributed by atoms with E-state index in [9.17, 15) is 14.7 Å². The molecule has 0 spiro atoms. The zero-order chi connectivity index (χ0) is 29.2. The standard InChI is InChI=1S/C19H30O3Si.C12H14O4.CH4/c1-14(20)19(10-11-19)16-8-9-17(21-5)15(12-16)13-22-23(6,7)18(2,3)4;1-16-10-3-2-9(6-8(10)7-13)12(4-5-12)11(14)15;/h8-9,12H,10-11,13H2,1-7H3;2-3,6,13H,4-5,7H2,1H3,(H,14,15);1H4. The van der Waals surface area contributed by atoms with Crippen LogP contribution in [-0.4, -0.2) is 44.5 Å². The number of carboxylic acids is 1. The number of carboxylic acid groups (broad SMARTS) is 1. The zero-order valence-corrected chi connectivity index (χ0v) is 25.6. The lowest BCUT2D eigenvalue weighted by molar-refractivity contribution is -0.140. The third kappa shape index (κ3) is 6.78. The molecule has 2 aliphatic carbocycles. The van der Waals surface area contributed by atoms with Crippen molar-refractivity contribution in [3.8, 4) is 11.5 Å². The van der Waals surface area contributed by atoms with E-state index in [2.05, 4.69) is 39.9 Å². The zero-order valence-electron chi connectivity index (χ0n) is 24.6. The predicted molar refractivity (Wildman–Crippen MR) is 161 cm³/mol. The second-order valence-corrected chi connectivity index (χ2v) is 17.1. The van der Waals surface area contributed by atoms with E-state index in [1.165, 1.54) is 7.11 Å². The van der Waals surface area contributed by atoms with Crippen LogP contribution in [0.5, 0.6) is 11.5 Å². The van der Waals surface area contributed by atoms with E-state index >= 15 is 0 Å². The van der Waals surface area contributed by atoms with E-state index < -0.39 is 19.7 Å². The predicted octanol–water partition coefficient (Wildman–Crippen LogP) is 6.78.